The zero-order chi connectivity index (χ0) is 12.5. The van der Waals surface area contributed by atoms with Crippen LogP contribution in [-0.4, -0.2) is 31.4 Å². The number of methoxy groups -OCH3 is 1. The summed E-state index contributed by atoms with van der Waals surface area (Å²) in [6.45, 7) is 0.208. The summed E-state index contributed by atoms with van der Waals surface area (Å²) in [5.41, 5.74) is 0.374. The summed E-state index contributed by atoms with van der Waals surface area (Å²) in [5.74, 6) is 5.46. The fourth-order valence-electron chi connectivity index (χ4n) is 1.18. The maximum absolute atomic E-state index is 11.4. The lowest BCUT2D eigenvalue weighted by Crippen LogP contribution is -2.05. The van der Waals surface area contributed by atoms with E-state index in [1.165, 1.54) is 7.11 Å². The van der Waals surface area contributed by atoms with Gasteiger partial charge in [-0.2, -0.15) is 0 Å². The summed E-state index contributed by atoms with van der Waals surface area (Å²) in [6, 6.07) is 6.81. The molecule has 17 heavy (non-hydrogen) atoms. The molecular formula is C13H14O4. The van der Waals surface area contributed by atoms with Gasteiger partial charge in [0.15, 0.2) is 0 Å². The molecule has 0 aliphatic rings. The zero-order valence-corrected chi connectivity index (χ0v) is 9.60. The van der Waals surface area contributed by atoms with E-state index in [4.69, 9.17) is 9.84 Å². The minimum Gasteiger partial charge on any atom is -0.480 e. The first-order valence-electron chi connectivity index (χ1n) is 5.16. The van der Waals surface area contributed by atoms with E-state index in [9.17, 15) is 4.79 Å². The van der Waals surface area contributed by atoms with Gasteiger partial charge in [-0.3, -0.25) is 0 Å². The van der Waals surface area contributed by atoms with E-state index in [0.29, 0.717) is 17.7 Å². The normalized spacial score (nSPS) is 9.06. The van der Waals surface area contributed by atoms with Crippen LogP contribution in [0.1, 0.15) is 16.8 Å². The van der Waals surface area contributed by atoms with Gasteiger partial charge in [0.2, 0.25) is 0 Å². The highest BCUT2D eigenvalue weighted by atomic mass is 16.5. The fraction of sp³-hybridized carbons (Fsp3) is 0.308. The number of rotatable bonds is 4. The fourth-order valence-corrected chi connectivity index (χ4v) is 1.18. The Kier molecular flexibility index (Phi) is 5.62. The van der Waals surface area contributed by atoms with Crippen molar-refractivity contribution in [1.82, 2.24) is 0 Å². The molecule has 0 aliphatic heterocycles. The van der Waals surface area contributed by atoms with Crippen molar-refractivity contribution in [2.24, 2.45) is 0 Å². The summed E-state index contributed by atoms with van der Waals surface area (Å²) in [4.78, 5) is 11.4. The number of hydrogen-bond donors (Lipinski definition) is 1. The third-order valence-electron chi connectivity index (χ3n) is 1.95. The molecule has 1 N–H and O–H groups in total. The van der Waals surface area contributed by atoms with Crippen LogP contribution in [0.4, 0.5) is 0 Å². The van der Waals surface area contributed by atoms with E-state index in [1.54, 1.807) is 24.3 Å². The molecular weight excluding hydrogens is 220 g/mol. The summed E-state index contributed by atoms with van der Waals surface area (Å²) in [5, 5.41) is 8.53. The lowest BCUT2D eigenvalue weighted by molar-refractivity contribution is 0.0596. The highest BCUT2D eigenvalue weighted by molar-refractivity contribution is 5.92. The Morgan fingerprint density at radius 3 is 2.82 bits per heavy atom. The zero-order valence-electron chi connectivity index (χ0n) is 9.60. The summed E-state index contributed by atoms with van der Waals surface area (Å²) < 4.78 is 9.98. The van der Waals surface area contributed by atoms with Crippen LogP contribution in [0.5, 0.6) is 5.75 Å². The summed E-state index contributed by atoms with van der Waals surface area (Å²) >= 11 is 0. The van der Waals surface area contributed by atoms with Crippen LogP contribution in [-0.2, 0) is 4.74 Å². The minimum absolute atomic E-state index is 0.0335. The van der Waals surface area contributed by atoms with Gasteiger partial charge in [-0.1, -0.05) is 24.0 Å². The lowest BCUT2D eigenvalue weighted by atomic mass is 10.2. The number of esters is 1. The molecule has 0 aliphatic carbocycles. The topological polar surface area (TPSA) is 55.8 Å². The Labute approximate surface area is 100 Å². The van der Waals surface area contributed by atoms with Crippen molar-refractivity contribution >= 4 is 5.97 Å². The molecule has 90 valence electrons. The number of carbonyl (C=O) groups excluding carboxylic acids is 1. The van der Waals surface area contributed by atoms with E-state index in [-0.39, 0.29) is 13.2 Å². The molecule has 0 heterocycles. The second-order valence-electron chi connectivity index (χ2n) is 3.10. The molecule has 1 aromatic rings. The van der Waals surface area contributed by atoms with Gasteiger partial charge < -0.3 is 14.6 Å². The third kappa shape index (κ3) is 4.17. The molecule has 0 spiro atoms. The van der Waals surface area contributed by atoms with Crippen molar-refractivity contribution in [1.29, 1.82) is 0 Å². The van der Waals surface area contributed by atoms with Crippen LogP contribution >= 0.6 is 0 Å². The van der Waals surface area contributed by atoms with Crippen LogP contribution in [0, 0.1) is 11.8 Å². The SMILES string of the molecule is COC(=O)c1ccccc1OCC#CCCO. The summed E-state index contributed by atoms with van der Waals surface area (Å²) in [6.07, 6.45) is 0.419. The van der Waals surface area contributed by atoms with Gasteiger partial charge in [0.1, 0.15) is 17.9 Å². The largest absolute Gasteiger partial charge is 0.480 e. The predicted molar refractivity (Wildman–Crippen MR) is 62.8 cm³/mol. The van der Waals surface area contributed by atoms with Gasteiger partial charge in [-0.05, 0) is 12.1 Å². The monoisotopic (exact) mass is 234 g/mol. The maximum Gasteiger partial charge on any atom is 0.341 e. The van der Waals surface area contributed by atoms with E-state index in [2.05, 4.69) is 16.6 Å². The number of benzene rings is 1. The number of carbonyl (C=O) groups is 1. The Balaban J connectivity index is 2.65. The smallest absolute Gasteiger partial charge is 0.341 e. The third-order valence-corrected chi connectivity index (χ3v) is 1.95. The Bertz CT molecular complexity index is 429. The first kappa shape index (κ1) is 13.1. The second kappa shape index (κ2) is 7.31. The molecule has 0 saturated carbocycles. The maximum atomic E-state index is 11.4. The van der Waals surface area contributed by atoms with Crippen molar-refractivity contribution in [2.75, 3.05) is 20.3 Å². The first-order chi connectivity index (χ1) is 8.29. The van der Waals surface area contributed by atoms with Crippen molar-refractivity contribution < 1.29 is 19.4 Å². The molecule has 1 rings (SSSR count). The number of aliphatic hydroxyl groups excluding tert-OH is 1. The molecule has 4 heteroatoms. The van der Waals surface area contributed by atoms with Crippen molar-refractivity contribution in [3.63, 3.8) is 0 Å². The van der Waals surface area contributed by atoms with Gasteiger partial charge in [-0.25, -0.2) is 4.79 Å². The van der Waals surface area contributed by atoms with Crippen LogP contribution in [0.15, 0.2) is 24.3 Å². The molecule has 0 amide bonds. The Hall–Kier alpha value is -1.99. The van der Waals surface area contributed by atoms with Crippen LogP contribution in [0.2, 0.25) is 0 Å². The molecule has 0 fully saturated rings. The summed E-state index contributed by atoms with van der Waals surface area (Å²) in [7, 11) is 1.32. The van der Waals surface area contributed by atoms with Crippen LogP contribution < -0.4 is 4.74 Å². The van der Waals surface area contributed by atoms with Gasteiger partial charge in [0.05, 0.1) is 13.7 Å². The number of ether oxygens (including phenoxy) is 2. The van der Waals surface area contributed by atoms with E-state index in [0.717, 1.165) is 0 Å². The number of hydrogen-bond acceptors (Lipinski definition) is 4. The molecule has 0 aromatic heterocycles. The quantitative estimate of drug-likeness (QED) is 0.629. The van der Waals surface area contributed by atoms with Gasteiger partial charge in [0.25, 0.3) is 0 Å². The average Bonchev–Trinajstić information content (AvgIpc) is 2.38. The van der Waals surface area contributed by atoms with E-state index in [1.807, 2.05) is 0 Å². The molecule has 0 radical (unpaired) electrons. The van der Waals surface area contributed by atoms with Crippen LogP contribution in [0.25, 0.3) is 0 Å². The van der Waals surface area contributed by atoms with Crippen molar-refractivity contribution in [2.45, 2.75) is 6.42 Å². The lowest BCUT2D eigenvalue weighted by Gasteiger charge is -2.07. The molecule has 0 bridgehead atoms. The highest BCUT2D eigenvalue weighted by Gasteiger charge is 2.11. The predicted octanol–water partition coefficient (Wildman–Crippen LogP) is 1.24. The van der Waals surface area contributed by atoms with E-state index < -0.39 is 5.97 Å². The van der Waals surface area contributed by atoms with Gasteiger partial charge >= 0.3 is 5.97 Å². The standard InChI is InChI=1S/C13H14O4/c1-16-13(15)11-7-3-4-8-12(11)17-10-6-2-5-9-14/h3-4,7-8,14H,5,9-10H2,1H3. The van der Waals surface area contributed by atoms with Crippen LogP contribution in [0.3, 0.4) is 0 Å². The first-order valence-corrected chi connectivity index (χ1v) is 5.16. The Morgan fingerprint density at radius 1 is 1.35 bits per heavy atom. The van der Waals surface area contributed by atoms with Gasteiger partial charge in [-0.15, -0.1) is 0 Å². The highest BCUT2D eigenvalue weighted by Crippen LogP contribution is 2.18. The van der Waals surface area contributed by atoms with Crippen molar-refractivity contribution in [3.8, 4) is 17.6 Å². The Morgan fingerprint density at radius 2 is 2.12 bits per heavy atom. The molecule has 0 atom stereocenters. The number of para-hydroxylation sites is 1. The van der Waals surface area contributed by atoms with Crippen molar-refractivity contribution in [3.05, 3.63) is 29.8 Å². The second-order valence-corrected chi connectivity index (χ2v) is 3.10. The van der Waals surface area contributed by atoms with E-state index >= 15 is 0 Å². The molecule has 4 nitrogen and oxygen atoms in total. The average molecular weight is 234 g/mol. The molecule has 0 saturated heterocycles. The molecule has 1 aromatic carbocycles. The molecule has 0 unspecified atom stereocenters. The minimum atomic E-state index is -0.441. The van der Waals surface area contributed by atoms with Gasteiger partial charge in [0, 0.05) is 6.42 Å². The number of aliphatic hydroxyl groups is 1.